The van der Waals surface area contributed by atoms with Crippen molar-refractivity contribution in [3.05, 3.63) is 81.8 Å². The first kappa shape index (κ1) is 28.3. The van der Waals surface area contributed by atoms with Gasteiger partial charge in [-0.05, 0) is 54.6 Å². The number of fused-ring (bicyclic) bond motifs is 1. The Bertz CT molecular complexity index is 1720. The molecule has 0 radical (unpaired) electrons. The van der Waals surface area contributed by atoms with Gasteiger partial charge in [-0.25, -0.2) is 0 Å². The Kier molecular flexibility index (Phi) is 8.41. The van der Waals surface area contributed by atoms with Gasteiger partial charge in [-0.3, -0.25) is 9.35 Å². The zero-order valence-corrected chi connectivity index (χ0v) is 23.1. The Morgan fingerprint density at radius 2 is 1.74 bits per heavy atom. The van der Waals surface area contributed by atoms with Crippen molar-refractivity contribution in [3.63, 3.8) is 0 Å². The van der Waals surface area contributed by atoms with Crippen molar-refractivity contribution in [2.45, 2.75) is 25.2 Å². The Balaban J connectivity index is 1.85. The van der Waals surface area contributed by atoms with Crippen LogP contribution in [0.3, 0.4) is 0 Å². The van der Waals surface area contributed by atoms with E-state index >= 15 is 0 Å². The highest BCUT2D eigenvalue weighted by atomic mass is 35.5. The van der Waals surface area contributed by atoms with Crippen LogP contribution in [-0.2, 0) is 16.5 Å². The van der Waals surface area contributed by atoms with E-state index in [9.17, 15) is 22.9 Å². The number of carbonyl (C=O) groups is 1. The van der Waals surface area contributed by atoms with Crippen molar-refractivity contribution in [2.75, 3.05) is 11.9 Å². The van der Waals surface area contributed by atoms with Crippen LogP contribution in [0.15, 0.2) is 75.8 Å². The minimum absolute atomic E-state index is 0.0864. The van der Waals surface area contributed by atoms with Crippen molar-refractivity contribution >= 4 is 67.1 Å². The predicted octanol–water partition coefficient (Wildman–Crippen LogP) is 7.73. The number of phenols is 1. The number of para-hydroxylation sites is 1. The summed E-state index contributed by atoms with van der Waals surface area (Å²) in [6.07, 6.45) is 0.201. The summed E-state index contributed by atoms with van der Waals surface area (Å²) in [5.74, 6) is -0.842. The third-order valence-electron chi connectivity index (χ3n) is 5.81. The van der Waals surface area contributed by atoms with Crippen LogP contribution >= 0.6 is 23.2 Å². The van der Waals surface area contributed by atoms with Crippen LogP contribution in [0.25, 0.3) is 10.8 Å². The largest absolute Gasteiger partial charge is 0.505 e. The quantitative estimate of drug-likeness (QED) is 0.142. The molecule has 4 aromatic carbocycles. The molecule has 1 amide bonds. The molecule has 0 aliphatic rings. The Morgan fingerprint density at radius 1 is 1.00 bits per heavy atom. The second kappa shape index (κ2) is 11.6. The minimum atomic E-state index is -4.71. The number of anilines is 1. The molecule has 0 saturated carbocycles. The van der Waals surface area contributed by atoms with Gasteiger partial charge in [-0.1, -0.05) is 60.5 Å². The molecule has 202 valence electrons. The summed E-state index contributed by atoms with van der Waals surface area (Å²) in [5, 5.41) is 23.4. The lowest BCUT2D eigenvalue weighted by molar-refractivity contribution is 0.102. The third kappa shape index (κ3) is 5.84. The number of nitrogens with zero attached hydrogens (tertiary/aromatic N) is 2. The first-order chi connectivity index (χ1) is 18.6. The molecule has 9 nitrogen and oxygen atoms in total. The van der Waals surface area contributed by atoms with E-state index in [0.717, 1.165) is 0 Å². The van der Waals surface area contributed by atoms with E-state index in [1.54, 1.807) is 56.3 Å². The summed E-state index contributed by atoms with van der Waals surface area (Å²) in [7, 11) is -4.71. The number of halogens is 2. The second-order valence-corrected chi connectivity index (χ2v) is 10.4. The minimum Gasteiger partial charge on any atom is -0.505 e. The molecule has 0 saturated heterocycles. The molecule has 3 N–H and O–H groups in total. The number of benzene rings is 4. The smallest absolute Gasteiger partial charge is 0.297 e. The van der Waals surface area contributed by atoms with Gasteiger partial charge in [0.25, 0.3) is 16.0 Å². The molecule has 0 aliphatic heterocycles. The first-order valence-corrected chi connectivity index (χ1v) is 13.9. The normalized spacial score (nSPS) is 11.7. The summed E-state index contributed by atoms with van der Waals surface area (Å²) in [6, 6.07) is 15.9. The number of phenolic OH excluding ortho intramolecular Hbond substituents is 1. The van der Waals surface area contributed by atoms with E-state index in [4.69, 9.17) is 27.9 Å². The Labute approximate surface area is 234 Å². The van der Waals surface area contributed by atoms with Gasteiger partial charge in [-0.2, -0.15) is 8.42 Å². The summed E-state index contributed by atoms with van der Waals surface area (Å²) in [6.45, 7) is 3.80. The fraction of sp³-hybridized carbons (Fsp3) is 0.148. The zero-order chi connectivity index (χ0) is 28.3. The molecule has 0 atom stereocenters. The Morgan fingerprint density at radius 3 is 2.44 bits per heavy atom. The molecule has 0 aromatic heterocycles. The molecule has 39 heavy (non-hydrogen) atoms. The van der Waals surface area contributed by atoms with E-state index in [1.165, 1.54) is 18.2 Å². The molecule has 0 unspecified atom stereocenters. The van der Waals surface area contributed by atoms with E-state index in [-0.39, 0.29) is 44.7 Å². The zero-order valence-electron chi connectivity index (χ0n) is 20.8. The van der Waals surface area contributed by atoms with Gasteiger partial charge in [0.15, 0.2) is 5.75 Å². The number of rotatable bonds is 8. The molecule has 0 bridgehead atoms. The predicted molar refractivity (Wildman–Crippen MR) is 151 cm³/mol. The molecule has 12 heteroatoms. The lowest BCUT2D eigenvalue weighted by Gasteiger charge is -2.15. The highest BCUT2D eigenvalue weighted by Gasteiger charge is 2.24. The monoisotopic (exact) mass is 587 g/mol. The lowest BCUT2D eigenvalue weighted by atomic mass is 10.0. The summed E-state index contributed by atoms with van der Waals surface area (Å²) >= 11 is 12.4. The fourth-order valence-corrected chi connectivity index (χ4v) is 5.56. The summed E-state index contributed by atoms with van der Waals surface area (Å²) in [5.41, 5.74) is -0.00733. The highest BCUT2D eigenvalue weighted by molar-refractivity contribution is 7.86. The highest BCUT2D eigenvalue weighted by Crippen LogP contribution is 2.42. The first-order valence-electron chi connectivity index (χ1n) is 11.7. The maximum atomic E-state index is 13.3. The van der Waals surface area contributed by atoms with Crippen LogP contribution < -0.4 is 10.1 Å². The lowest BCUT2D eigenvalue weighted by Crippen LogP contribution is -2.14. The number of carbonyl (C=O) groups excluding carboxylic acids is 1. The van der Waals surface area contributed by atoms with Crippen molar-refractivity contribution < 1.29 is 27.6 Å². The number of amides is 1. The molecule has 0 spiro atoms. The maximum Gasteiger partial charge on any atom is 0.297 e. The van der Waals surface area contributed by atoms with Crippen molar-refractivity contribution in [1.82, 2.24) is 0 Å². The van der Waals surface area contributed by atoms with Crippen LogP contribution in [0.5, 0.6) is 11.5 Å². The third-order valence-corrected chi connectivity index (χ3v) is 7.45. The van der Waals surface area contributed by atoms with Crippen LogP contribution in [0.2, 0.25) is 10.0 Å². The Hall–Kier alpha value is -3.70. The summed E-state index contributed by atoms with van der Waals surface area (Å²) in [4.78, 5) is 12.9. The molecule has 0 fully saturated rings. The van der Waals surface area contributed by atoms with E-state index in [2.05, 4.69) is 15.5 Å². The number of hydrogen-bond donors (Lipinski definition) is 3. The number of hydrogen-bond acceptors (Lipinski definition) is 7. The molecule has 0 heterocycles. The van der Waals surface area contributed by atoms with Gasteiger partial charge >= 0.3 is 0 Å². The molecule has 0 aliphatic carbocycles. The van der Waals surface area contributed by atoms with Crippen LogP contribution in [-0.4, -0.2) is 30.6 Å². The average molecular weight is 588 g/mol. The van der Waals surface area contributed by atoms with E-state index in [1.807, 2.05) is 0 Å². The SMILES string of the molecule is CCOc1cccc(Cl)c1NC(=O)c1cc2ccccc2c(N=Nc2ccc(Cl)c(CC)c2S(=O)(=O)O)c1O. The molecule has 4 rings (SSSR count). The van der Waals surface area contributed by atoms with E-state index in [0.29, 0.717) is 23.1 Å². The van der Waals surface area contributed by atoms with Crippen LogP contribution in [0, 0.1) is 0 Å². The molecule has 4 aromatic rings. The second-order valence-electron chi connectivity index (χ2n) is 8.25. The number of azo groups is 1. The van der Waals surface area contributed by atoms with Crippen molar-refractivity contribution in [2.24, 2.45) is 10.2 Å². The number of ether oxygens (including phenoxy) is 1. The molecular weight excluding hydrogens is 565 g/mol. The fourth-order valence-electron chi connectivity index (χ4n) is 4.07. The van der Waals surface area contributed by atoms with Crippen LogP contribution in [0.4, 0.5) is 17.1 Å². The average Bonchev–Trinajstić information content (AvgIpc) is 2.89. The topological polar surface area (TPSA) is 138 Å². The van der Waals surface area contributed by atoms with Crippen molar-refractivity contribution in [3.8, 4) is 11.5 Å². The standard InChI is InChI=1S/C27H23Cl2N3O6S/c1-3-16-19(28)12-13-21(26(16)39(35,36)37)31-32-23-17-9-6-5-8-15(17)14-18(25(23)33)27(34)30-24-20(29)10-7-11-22(24)38-4-2/h5-14,33H,3-4H2,1-2H3,(H,30,34)(H,35,36,37). The van der Waals surface area contributed by atoms with Crippen molar-refractivity contribution in [1.29, 1.82) is 0 Å². The van der Waals surface area contributed by atoms with Gasteiger partial charge in [0.05, 0.1) is 17.2 Å². The van der Waals surface area contributed by atoms with Crippen LogP contribution in [0.1, 0.15) is 29.8 Å². The number of nitrogens with one attached hydrogen (secondary N) is 1. The van der Waals surface area contributed by atoms with Gasteiger partial charge in [0, 0.05) is 10.4 Å². The van der Waals surface area contributed by atoms with Gasteiger partial charge in [0.2, 0.25) is 0 Å². The number of aromatic hydroxyl groups is 1. The van der Waals surface area contributed by atoms with Gasteiger partial charge in [-0.15, -0.1) is 10.2 Å². The van der Waals surface area contributed by atoms with E-state index < -0.39 is 26.7 Å². The summed E-state index contributed by atoms with van der Waals surface area (Å²) < 4.78 is 39.8. The van der Waals surface area contributed by atoms with Gasteiger partial charge in [0.1, 0.15) is 27.7 Å². The maximum absolute atomic E-state index is 13.3. The van der Waals surface area contributed by atoms with Gasteiger partial charge < -0.3 is 15.2 Å². The molecular formula is C27H23Cl2N3O6S.